The molecule has 0 saturated carbocycles. The number of ether oxygens (including phenoxy) is 1. The van der Waals surface area contributed by atoms with Crippen LogP contribution in [0.25, 0.3) is 0 Å². The zero-order valence-corrected chi connectivity index (χ0v) is 14.7. The summed E-state index contributed by atoms with van der Waals surface area (Å²) in [6, 6.07) is 1.82. The molecule has 2 N–H and O–H groups in total. The van der Waals surface area contributed by atoms with Crippen molar-refractivity contribution >= 4 is 19.9 Å². The lowest BCUT2D eigenvalue weighted by Crippen LogP contribution is -2.52. The van der Waals surface area contributed by atoms with E-state index in [-0.39, 0.29) is 5.97 Å². The highest BCUT2D eigenvalue weighted by Gasteiger charge is 2.47. The normalized spacial score (nSPS) is 12.5. The van der Waals surface area contributed by atoms with Crippen LogP contribution in [-0.2, 0) is 4.74 Å². The van der Waals surface area contributed by atoms with Crippen LogP contribution in [0.3, 0.4) is 0 Å². The van der Waals surface area contributed by atoms with Crippen LogP contribution in [0.4, 0.5) is 5.69 Å². The number of methoxy groups -OCH3 is 1. The highest BCUT2D eigenvalue weighted by atomic mass is 28.3. The lowest BCUT2D eigenvalue weighted by molar-refractivity contribution is 0.0593. The molecule has 20 heavy (non-hydrogen) atoms. The van der Waals surface area contributed by atoms with Gasteiger partial charge in [-0.25, -0.2) is 4.79 Å². The van der Waals surface area contributed by atoms with E-state index < -0.39 is 8.24 Å². The predicted octanol–water partition coefficient (Wildman–Crippen LogP) is 3.88. The molecule has 1 aromatic rings. The van der Waals surface area contributed by atoms with Crippen molar-refractivity contribution < 1.29 is 9.53 Å². The fourth-order valence-electron chi connectivity index (χ4n) is 3.92. The van der Waals surface area contributed by atoms with Crippen LogP contribution in [0.2, 0.25) is 16.6 Å². The van der Waals surface area contributed by atoms with Crippen LogP contribution in [0.5, 0.6) is 0 Å². The molecule has 5 heteroatoms. The average Bonchev–Trinajstić information content (AvgIpc) is 2.70. The highest BCUT2D eigenvalue weighted by molar-refractivity contribution is 6.82. The lowest BCUT2D eigenvalue weighted by Gasteiger charge is -2.44. The van der Waals surface area contributed by atoms with Gasteiger partial charge in [0.1, 0.15) is 5.69 Å². The van der Waals surface area contributed by atoms with E-state index in [1.807, 2.05) is 12.3 Å². The van der Waals surface area contributed by atoms with Crippen molar-refractivity contribution in [3.05, 3.63) is 18.0 Å². The number of esters is 1. The van der Waals surface area contributed by atoms with Crippen molar-refractivity contribution in [2.45, 2.75) is 58.2 Å². The summed E-state index contributed by atoms with van der Waals surface area (Å²) >= 11 is 0. The van der Waals surface area contributed by atoms with Crippen LogP contribution in [0, 0.1) is 0 Å². The second kappa shape index (κ2) is 6.04. The number of aromatic nitrogens is 1. The standard InChI is InChI=1S/C15H28N2O2Si/c1-10(2)20(11(3)4,12(5)6)17-9-8-13(16)14(17)15(18)19-7/h8-12H,16H2,1-7H3. The van der Waals surface area contributed by atoms with Gasteiger partial charge in [-0.3, -0.25) is 0 Å². The first-order valence-corrected chi connectivity index (χ1v) is 9.44. The number of hydrogen-bond donors (Lipinski definition) is 1. The maximum Gasteiger partial charge on any atom is 0.356 e. The molecule has 4 nitrogen and oxygen atoms in total. The Kier molecular flexibility index (Phi) is 5.08. The van der Waals surface area contributed by atoms with Gasteiger partial charge in [0.05, 0.1) is 12.8 Å². The molecule has 0 saturated heterocycles. The number of carbonyl (C=O) groups is 1. The van der Waals surface area contributed by atoms with Gasteiger partial charge >= 0.3 is 5.97 Å². The molecule has 0 aromatic carbocycles. The number of nitrogens with two attached hydrogens (primary N) is 1. The maximum absolute atomic E-state index is 12.1. The molecule has 0 atom stereocenters. The minimum atomic E-state index is -1.97. The number of anilines is 1. The smallest absolute Gasteiger partial charge is 0.356 e. The molecule has 1 aromatic heterocycles. The molecule has 1 rings (SSSR count). The van der Waals surface area contributed by atoms with Crippen LogP contribution in [-0.4, -0.2) is 25.5 Å². The Morgan fingerprint density at radius 1 is 1.15 bits per heavy atom. The first kappa shape index (κ1) is 16.8. The van der Waals surface area contributed by atoms with Crippen LogP contribution >= 0.6 is 0 Å². The van der Waals surface area contributed by atoms with E-state index >= 15 is 0 Å². The van der Waals surface area contributed by atoms with Gasteiger partial charge in [-0.15, -0.1) is 0 Å². The fourth-order valence-corrected chi connectivity index (χ4v) is 10.5. The van der Waals surface area contributed by atoms with Crippen molar-refractivity contribution in [1.82, 2.24) is 4.23 Å². The van der Waals surface area contributed by atoms with Crippen LogP contribution < -0.4 is 5.73 Å². The third kappa shape index (κ3) is 2.39. The molecule has 0 amide bonds. The predicted molar refractivity (Wildman–Crippen MR) is 86.6 cm³/mol. The fraction of sp³-hybridized carbons (Fsp3) is 0.667. The summed E-state index contributed by atoms with van der Waals surface area (Å²) < 4.78 is 7.11. The first-order chi connectivity index (χ1) is 9.21. The van der Waals surface area contributed by atoms with Gasteiger partial charge in [-0.05, 0) is 28.9 Å². The Hall–Kier alpha value is -1.23. The monoisotopic (exact) mass is 296 g/mol. The Morgan fingerprint density at radius 2 is 1.60 bits per heavy atom. The molecule has 1 heterocycles. The minimum Gasteiger partial charge on any atom is -0.464 e. The zero-order chi connectivity index (χ0) is 15.7. The second-order valence-electron chi connectivity index (χ2n) is 6.33. The Morgan fingerprint density at radius 3 is 1.95 bits per heavy atom. The topological polar surface area (TPSA) is 57.2 Å². The second-order valence-corrected chi connectivity index (χ2v) is 12.1. The number of hydrogen-bond acceptors (Lipinski definition) is 3. The molecule has 0 fully saturated rings. The molecular weight excluding hydrogens is 268 g/mol. The summed E-state index contributed by atoms with van der Waals surface area (Å²) in [4.78, 5) is 12.1. The highest BCUT2D eigenvalue weighted by Crippen LogP contribution is 2.44. The van der Waals surface area contributed by atoms with Gasteiger partial charge < -0.3 is 14.7 Å². The first-order valence-electron chi connectivity index (χ1n) is 7.26. The summed E-state index contributed by atoms with van der Waals surface area (Å²) in [5.41, 5.74) is 8.54. The number of carbonyl (C=O) groups excluding carboxylic acids is 1. The van der Waals surface area contributed by atoms with E-state index in [1.54, 1.807) is 0 Å². The van der Waals surface area contributed by atoms with Crippen molar-refractivity contribution in [2.24, 2.45) is 0 Å². The average molecular weight is 296 g/mol. The van der Waals surface area contributed by atoms with E-state index in [2.05, 4.69) is 45.8 Å². The summed E-state index contributed by atoms with van der Waals surface area (Å²) in [5, 5.41) is 0. The van der Waals surface area contributed by atoms with Crippen molar-refractivity contribution in [1.29, 1.82) is 0 Å². The van der Waals surface area contributed by atoms with Gasteiger partial charge in [0.25, 0.3) is 0 Å². The largest absolute Gasteiger partial charge is 0.464 e. The van der Waals surface area contributed by atoms with Crippen molar-refractivity contribution in [2.75, 3.05) is 12.8 Å². The molecular formula is C15H28N2O2Si. The SMILES string of the molecule is COC(=O)c1c(N)ccn1[Si](C(C)C)(C(C)C)C(C)C. The molecule has 0 aliphatic carbocycles. The lowest BCUT2D eigenvalue weighted by atomic mass is 10.4. The van der Waals surface area contributed by atoms with E-state index in [1.165, 1.54) is 7.11 Å². The van der Waals surface area contributed by atoms with Crippen molar-refractivity contribution in [3.63, 3.8) is 0 Å². The minimum absolute atomic E-state index is 0.341. The zero-order valence-electron chi connectivity index (χ0n) is 13.7. The molecule has 0 spiro atoms. The summed E-state index contributed by atoms with van der Waals surface area (Å²) in [7, 11) is -0.565. The van der Waals surface area contributed by atoms with Crippen LogP contribution in [0.15, 0.2) is 12.3 Å². The molecule has 0 unspecified atom stereocenters. The molecule has 0 aliphatic heterocycles. The Bertz CT molecular complexity index is 456. The maximum atomic E-state index is 12.1. The van der Waals surface area contributed by atoms with Gasteiger partial charge in [0.15, 0.2) is 8.24 Å². The van der Waals surface area contributed by atoms with E-state index in [0.717, 1.165) is 0 Å². The molecule has 0 radical (unpaired) electrons. The third-order valence-corrected chi connectivity index (χ3v) is 11.2. The van der Waals surface area contributed by atoms with Crippen molar-refractivity contribution in [3.8, 4) is 0 Å². The quantitative estimate of drug-likeness (QED) is 0.662. The molecule has 0 bridgehead atoms. The number of rotatable bonds is 5. The third-order valence-electron chi connectivity index (χ3n) is 4.49. The Labute approximate surface area is 123 Å². The van der Waals surface area contributed by atoms with Crippen LogP contribution in [0.1, 0.15) is 52.0 Å². The molecule has 0 aliphatic rings. The Balaban J connectivity index is 3.63. The van der Waals surface area contributed by atoms with Gasteiger partial charge in [-0.2, -0.15) is 0 Å². The van der Waals surface area contributed by atoms with E-state index in [9.17, 15) is 4.79 Å². The van der Waals surface area contributed by atoms with Gasteiger partial charge in [-0.1, -0.05) is 41.5 Å². The molecule has 114 valence electrons. The number of nitrogen functional groups attached to an aromatic ring is 1. The van der Waals surface area contributed by atoms with E-state index in [0.29, 0.717) is 28.0 Å². The summed E-state index contributed by atoms with van der Waals surface area (Å²) in [5.74, 6) is -0.341. The summed E-state index contributed by atoms with van der Waals surface area (Å²) in [6.07, 6.45) is 1.98. The van der Waals surface area contributed by atoms with Gasteiger partial charge in [0, 0.05) is 0 Å². The number of nitrogens with zero attached hydrogens (tertiary/aromatic N) is 1. The summed E-state index contributed by atoms with van der Waals surface area (Å²) in [6.45, 7) is 13.5. The van der Waals surface area contributed by atoms with Gasteiger partial charge in [0.2, 0.25) is 0 Å². The van der Waals surface area contributed by atoms with E-state index in [4.69, 9.17) is 10.5 Å².